The van der Waals surface area contributed by atoms with Crippen molar-refractivity contribution in [2.45, 2.75) is 18.9 Å². The first-order valence-electron chi connectivity index (χ1n) is 6.70. The smallest absolute Gasteiger partial charge is 0.254 e. The molecule has 1 atom stereocenters. The average Bonchev–Trinajstić information content (AvgIpc) is 2.94. The lowest BCUT2D eigenvalue weighted by atomic mass is 10.1. The number of fused-ring (bicyclic) bond motifs is 1. The van der Waals surface area contributed by atoms with Crippen molar-refractivity contribution >= 4 is 16.7 Å². The molecule has 1 amide bonds. The lowest BCUT2D eigenvalue weighted by Gasteiger charge is -2.23. The maximum absolute atomic E-state index is 12.5. The number of carbonyl (C=O) groups is 1. The van der Waals surface area contributed by atoms with Gasteiger partial charge in [0.25, 0.3) is 5.91 Å². The Balaban J connectivity index is 1.93. The van der Waals surface area contributed by atoms with Gasteiger partial charge in [-0.25, -0.2) is 0 Å². The maximum atomic E-state index is 12.5. The Morgan fingerprint density at radius 1 is 1.21 bits per heavy atom. The molecule has 2 aromatic carbocycles. The Morgan fingerprint density at radius 2 is 2.00 bits per heavy atom. The lowest BCUT2D eigenvalue weighted by molar-refractivity contribution is 0.0678. The van der Waals surface area contributed by atoms with E-state index in [1.54, 1.807) is 4.90 Å². The fraction of sp³-hybridized carbons (Fsp3) is 0.312. The summed E-state index contributed by atoms with van der Waals surface area (Å²) in [5.74, 6) is 0.0299. The average molecular weight is 255 g/mol. The summed E-state index contributed by atoms with van der Waals surface area (Å²) in [6, 6.07) is 13.8. The van der Waals surface area contributed by atoms with Crippen LogP contribution in [0.25, 0.3) is 10.8 Å². The fourth-order valence-corrected chi connectivity index (χ4v) is 2.78. The first kappa shape index (κ1) is 12.2. The molecule has 1 aliphatic heterocycles. The van der Waals surface area contributed by atoms with Gasteiger partial charge in [-0.05, 0) is 35.7 Å². The van der Waals surface area contributed by atoms with Crippen LogP contribution in [0.3, 0.4) is 0 Å². The number of hydrogen-bond donors (Lipinski definition) is 1. The summed E-state index contributed by atoms with van der Waals surface area (Å²) in [5, 5.41) is 11.5. The summed E-state index contributed by atoms with van der Waals surface area (Å²) in [5.41, 5.74) is 0.707. The highest BCUT2D eigenvalue weighted by molar-refractivity contribution is 5.98. The molecule has 2 aromatic rings. The van der Waals surface area contributed by atoms with Crippen molar-refractivity contribution < 1.29 is 9.90 Å². The standard InChI is InChI=1S/C16H17NO2/c18-11-15-6-3-9-17(15)16(19)14-8-7-12-4-1-2-5-13(12)10-14/h1-2,4-5,7-8,10,15,18H,3,6,9,11H2/t15-/m0/s1. The zero-order chi connectivity index (χ0) is 13.2. The summed E-state index contributed by atoms with van der Waals surface area (Å²) in [6.45, 7) is 0.802. The van der Waals surface area contributed by atoms with Crippen LogP contribution in [0.15, 0.2) is 42.5 Å². The molecule has 0 spiro atoms. The fourth-order valence-electron chi connectivity index (χ4n) is 2.78. The molecule has 98 valence electrons. The van der Waals surface area contributed by atoms with E-state index in [2.05, 4.69) is 0 Å². The molecule has 1 aliphatic rings. The van der Waals surface area contributed by atoms with Gasteiger partial charge in [0.1, 0.15) is 0 Å². The quantitative estimate of drug-likeness (QED) is 0.895. The van der Waals surface area contributed by atoms with Gasteiger partial charge in [-0.3, -0.25) is 4.79 Å². The van der Waals surface area contributed by atoms with Crippen LogP contribution in [0.5, 0.6) is 0 Å². The third kappa shape index (κ3) is 2.22. The first-order chi connectivity index (χ1) is 9.29. The third-order valence-corrected chi connectivity index (χ3v) is 3.85. The van der Waals surface area contributed by atoms with Gasteiger partial charge < -0.3 is 10.0 Å². The van der Waals surface area contributed by atoms with Crippen molar-refractivity contribution in [3.05, 3.63) is 48.0 Å². The van der Waals surface area contributed by atoms with Crippen LogP contribution in [-0.2, 0) is 0 Å². The number of amides is 1. The van der Waals surface area contributed by atoms with Crippen LogP contribution in [0.4, 0.5) is 0 Å². The molecule has 0 saturated carbocycles. The Morgan fingerprint density at radius 3 is 2.79 bits per heavy atom. The zero-order valence-corrected chi connectivity index (χ0v) is 10.7. The minimum absolute atomic E-state index is 0.0148. The van der Waals surface area contributed by atoms with Gasteiger partial charge in [0.05, 0.1) is 12.6 Å². The molecule has 0 aromatic heterocycles. The first-order valence-corrected chi connectivity index (χ1v) is 6.70. The number of benzene rings is 2. The predicted octanol–water partition coefficient (Wildman–Crippen LogP) is 2.44. The minimum atomic E-state index is -0.0148. The number of likely N-dealkylation sites (tertiary alicyclic amines) is 1. The Bertz CT molecular complexity index is 608. The molecular formula is C16H17NO2. The van der Waals surface area contributed by atoms with Crippen LogP contribution < -0.4 is 0 Å². The Labute approximate surface area is 112 Å². The number of aliphatic hydroxyl groups is 1. The number of carbonyl (C=O) groups excluding carboxylic acids is 1. The van der Waals surface area contributed by atoms with Crippen molar-refractivity contribution in [3.8, 4) is 0 Å². The monoisotopic (exact) mass is 255 g/mol. The molecule has 0 unspecified atom stereocenters. The SMILES string of the molecule is O=C(c1ccc2ccccc2c1)N1CCC[C@H]1CO. The predicted molar refractivity (Wildman–Crippen MR) is 75.1 cm³/mol. The van der Waals surface area contributed by atoms with Crippen molar-refractivity contribution in [1.82, 2.24) is 4.90 Å². The summed E-state index contributed by atoms with van der Waals surface area (Å²) < 4.78 is 0. The largest absolute Gasteiger partial charge is 0.394 e. The second kappa shape index (κ2) is 5.02. The van der Waals surface area contributed by atoms with Crippen LogP contribution in [0, 0.1) is 0 Å². The number of nitrogens with zero attached hydrogens (tertiary/aromatic N) is 1. The molecule has 1 fully saturated rings. The van der Waals surface area contributed by atoms with Crippen LogP contribution >= 0.6 is 0 Å². The molecule has 1 saturated heterocycles. The highest BCUT2D eigenvalue weighted by Gasteiger charge is 2.28. The van der Waals surface area contributed by atoms with Crippen molar-refractivity contribution in [1.29, 1.82) is 0 Å². The lowest BCUT2D eigenvalue weighted by Crippen LogP contribution is -2.37. The van der Waals surface area contributed by atoms with Gasteiger partial charge in [0.15, 0.2) is 0 Å². The van der Waals surface area contributed by atoms with Gasteiger partial charge in [0, 0.05) is 12.1 Å². The topological polar surface area (TPSA) is 40.5 Å². The molecule has 0 aliphatic carbocycles. The van der Waals surface area contributed by atoms with E-state index in [1.165, 1.54) is 0 Å². The highest BCUT2D eigenvalue weighted by atomic mass is 16.3. The van der Waals surface area contributed by atoms with E-state index in [0.29, 0.717) is 5.56 Å². The molecule has 3 rings (SSSR count). The van der Waals surface area contributed by atoms with E-state index in [1.807, 2.05) is 42.5 Å². The number of hydrogen-bond acceptors (Lipinski definition) is 2. The van der Waals surface area contributed by atoms with Crippen LogP contribution in [0.2, 0.25) is 0 Å². The summed E-state index contributed by atoms with van der Waals surface area (Å²) in [7, 11) is 0. The second-order valence-corrected chi connectivity index (χ2v) is 5.04. The number of rotatable bonds is 2. The number of aliphatic hydroxyl groups excluding tert-OH is 1. The van der Waals surface area contributed by atoms with Crippen molar-refractivity contribution in [2.24, 2.45) is 0 Å². The zero-order valence-electron chi connectivity index (χ0n) is 10.7. The minimum Gasteiger partial charge on any atom is -0.394 e. The van der Waals surface area contributed by atoms with Crippen molar-refractivity contribution in [3.63, 3.8) is 0 Å². The van der Waals surface area contributed by atoms with E-state index in [4.69, 9.17) is 0 Å². The molecule has 0 bridgehead atoms. The molecule has 1 N–H and O–H groups in total. The van der Waals surface area contributed by atoms with E-state index >= 15 is 0 Å². The molecular weight excluding hydrogens is 238 g/mol. The molecule has 1 heterocycles. The maximum Gasteiger partial charge on any atom is 0.254 e. The molecule has 19 heavy (non-hydrogen) atoms. The Hall–Kier alpha value is -1.87. The van der Waals surface area contributed by atoms with Gasteiger partial charge in [-0.2, -0.15) is 0 Å². The summed E-state index contributed by atoms with van der Waals surface area (Å²) in [6.07, 6.45) is 1.88. The molecule has 0 radical (unpaired) electrons. The summed E-state index contributed by atoms with van der Waals surface area (Å²) in [4.78, 5) is 14.3. The van der Waals surface area contributed by atoms with E-state index < -0.39 is 0 Å². The highest BCUT2D eigenvalue weighted by Crippen LogP contribution is 2.22. The van der Waals surface area contributed by atoms with Gasteiger partial charge >= 0.3 is 0 Å². The normalized spacial score (nSPS) is 19.0. The second-order valence-electron chi connectivity index (χ2n) is 5.04. The Kier molecular flexibility index (Phi) is 3.22. The van der Waals surface area contributed by atoms with E-state index in [0.717, 1.165) is 30.2 Å². The van der Waals surface area contributed by atoms with Crippen LogP contribution in [0.1, 0.15) is 23.2 Å². The molecule has 3 nitrogen and oxygen atoms in total. The van der Waals surface area contributed by atoms with Gasteiger partial charge in [-0.15, -0.1) is 0 Å². The third-order valence-electron chi connectivity index (χ3n) is 3.85. The molecule has 3 heteroatoms. The van der Waals surface area contributed by atoms with Crippen LogP contribution in [-0.4, -0.2) is 35.1 Å². The van der Waals surface area contributed by atoms with Crippen molar-refractivity contribution in [2.75, 3.05) is 13.2 Å². The van der Waals surface area contributed by atoms with E-state index in [9.17, 15) is 9.90 Å². The van der Waals surface area contributed by atoms with Gasteiger partial charge in [0.2, 0.25) is 0 Å². The van der Waals surface area contributed by atoms with E-state index in [-0.39, 0.29) is 18.6 Å². The summed E-state index contributed by atoms with van der Waals surface area (Å²) >= 11 is 0. The van der Waals surface area contributed by atoms with Gasteiger partial charge in [-0.1, -0.05) is 30.3 Å².